The van der Waals surface area contributed by atoms with Crippen LogP contribution in [0.3, 0.4) is 0 Å². The van der Waals surface area contributed by atoms with E-state index in [1.54, 1.807) is 25.1 Å². The first-order valence-electron chi connectivity index (χ1n) is 6.45. The van der Waals surface area contributed by atoms with Gasteiger partial charge in [0.2, 0.25) is 6.54 Å². The van der Waals surface area contributed by atoms with E-state index in [1.165, 1.54) is 6.26 Å². The molecule has 1 aromatic heterocycles. The minimum absolute atomic E-state index is 0.0972. The fourth-order valence-corrected chi connectivity index (χ4v) is 2.38. The van der Waals surface area contributed by atoms with Gasteiger partial charge in [-0.05, 0) is 25.1 Å². The van der Waals surface area contributed by atoms with Crippen molar-refractivity contribution in [3.8, 4) is 0 Å². The number of ether oxygens (including phenoxy) is 1. The van der Waals surface area contributed by atoms with Crippen LogP contribution in [0.15, 0.2) is 28.9 Å². The average Bonchev–Trinajstić information content (AvgIpc) is 2.80. The van der Waals surface area contributed by atoms with Gasteiger partial charge >= 0.3 is 5.97 Å². The first kappa shape index (κ1) is 15.3. The van der Waals surface area contributed by atoms with Gasteiger partial charge in [0.25, 0.3) is 0 Å². The van der Waals surface area contributed by atoms with E-state index in [0.717, 1.165) is 10.8 Å². The molecule has 0 bridgehead atoms. The van der Waals surface area contributed by atoms with Crippen molar-refractivity contribution in [3.63, 3.8) is 0 Å². The predicted octanol–water partition coefficient (Wildman–Crippen LogP) is 3.40. The van der Waals surface area contributed by atoms with Gasteiger partial charge in [-0.2, -0.15) is 0 Å². The van der Waals surface area contributed by atoms with Crippen molar-refractivity contribution in [2.24, 2.45) is 0 Å². The maximum atomic E-state index is 11.6. The number of fused-ring (bicyclic) bond motifs is 1. The SMILES string of the molecule is CCOC(=O)CC(C[N+](=O)[O-])c1occ2cc(Cl)ccc12. The normalized spacial score (nSPS) is 12.3. The molecule has 1 aromatic carbocycles. The molecule has 0 saturated carbocycles. The van der Waals surface area contributed by atoms with Crippen LogP contribution in [0.2, 0.25) is 5.02 Å². The second-order valence-electron chi connectivity index (χ2n) is 4.55. The zero-order valence-electron chi connectivity index (χ0n) is 11.4. The molecule has 0 fully saturated rings. The van der Waals surface area contributed by atoms with Crippen molar-refractivity contribution >= 4 is 28.3 Å². The fraction of sp³-hybridized carbons (Fsp3) is 0.357. The molecule has 1 heterocycles. The summed E-state index contributed by atoms with van der Waals surface area (Å²) in [6.45, 7) is 1.52. The molecule has 0 amide bonds. The number of rotatable bonds is 6. The number of hydrogen-bond acceptors (Lipinski definition) is 5. The monoisotopic (exact) mass is 311 g/mol. The first-order valence-corrected chi connectivity index (χ1v) is 6.83. The number of carbonyl (C=O) groups is 1. The topological polar surface area (TPSA) is 82.6 Å². The predicted molar refractivity (Wildman–Crippen MR) is 77.1 cm³/mol. The molecule has 1 unspecified atom stereocenters. The number of benzene rings is 1. The van der Waals surface area contributed by atoms with Crippen LogP contribution in [0.5, 0.6) is 0 Å². The smallest absolute Gasteiger partial charge is 0.306 e. The molecule has 0 spiro atoms. The van der Waals surface area contributed by atoms with E-state index in [1.807, 2.05) is 0 Å². The maximum Gasteiger partial charge on any atom is 0.306 e. The number of halogens is 1. The van der Waals surface area contributed by atoms with Crippen molar-refractivity contribution in [1.29, 1.82) is 0 Å². The van der Waals surface area contributed by atoms with E-state index in [0.29, 0.717) is 10.8 Å². The third-order valence-electron chi connectivity index (χ3n) is 3.05. The highest BCUT2D eigenvalue weighted by atomic mass is 35.5. The standard InChI is InChI=1S/C14H14ClNO5/c1-2-20-13(17)6-9(7-16(18)19)14-12-4-3-11(15)5-10(12)8-21-14/h3-5,8-9H,2,6-7H2,1H3. The van der Waals surface area contributed by atoms with Crippen molar-refractivity contribution in [2.75, 3.05) is 13.2 Å². The van der Waals surface area contributed by atoms with Crippen molar-refractivity contribution in [1.82, 2.24) is 0 Å². The van der Waals surface area contributed by atoms with Crippen LogP contribution >= 0.6 is 11.6 Å². The van der Waals surface area contributed by atoms with Gasteiger partial charge in [0, 0.05) is 20.7 Å². The Bertz CT molecular complexity index is 666. The van der Waals surface area contributed by atoms with Gasteiger partial charge in [0.1, 0.15) is 5.76 Å². The molecule has 6 nitrogen and oxygen atoms in total. The molecule has 1 atom stereocenters. The summed E-state index contributed by atoms with van der Waals surface area (Å²) >= 11 is 5.89. The molecule has 0 saturated heterocycles. The van der Waals surface area contributed by atoms with Crippen LogP contribution in [0.1, 0.15) is 25.0 Å². The van der Waals surface area contributed by atoms with Crippen LogP contribution in [-0.2, 0) is 9.53 Å². The minimum atomic E-state index is -0.669. The summed E-state index contributed by atoms with van der Waals surface area (Å²) in [7, 11) is 0. The summed E-state index contributed by atoms with van der Waals surface area (Å²) in [5.74, 6) is -0.744. The van der Waals surface area contributed by atoms with E-state index < -0.39 is 23.4 Å². The number of hydrogen-bond donors (Lipinski definition) is 0. The quantitative estimate of drug-likeness (QED) is 0.464. The average molecular weight is 312 g/mol. The highest BCUT2D eigenvalue weighted by Gasteiger charge is 2.27. The van der Waals surface area contributed by atoms with Crippen LogP contribution in [0.25, 0.3) is 10.8 Å². The largest absolute Gasteiger partial charge is 0.467 e. The van der Waals surface area contributed by atoms with E-state index in [4.69, 9.17) is 20.8 Å². The van der Waals surface area contributed by atoms with Crippen molar-refractivity contribution in [3.05, 3.63) is 45.4 Å². The number of nitro groups is 1. The van der Waals surface area contributed by atoms with Gasteiger partial charge < -0.3 is 9.15 Å². The van der Waals surface area contributed by atoms with Crippen LogP contribution in [0, 0.1) is 10.1 Å². The Morgan fingerprint density at radius 3 is 2.95 bits per heavy atom. The molecular weight excluding hydrogens is 298 g/mol. The van der Waals surface area contributed by atoms with Gasteiger partial charge in [-0.25, -0.2) is 0 Å². The lowest BCUT2D eigenvalue weighted by Gasteiger charge is -2.10. The Morgan fingerprint density at radius 1 is 1.52 bits per heavy atom. The molecule has 2 rings (SSSR count). The Morgan fingerprint density at radius 2 is 2.29 bits per heavy atom. The summed E-state index contributed by atoms with van der Waals surface area (Å²) in [5.41, 5.74) is 0. The molecule has 0 radical (unpaired) electrons. The zero-order chi connectivity index (χ0) is 15.4. The van der Waals surface area contributed by atoms with Crippen molar-refractivity contribution in [2.45, 2.75) is 19.3 Å². The van der Waals surface area contributed by atoms with Gasteiger partial charge in [0.05, 0.1) is 25.2 Å². The lowest BCUT2D eigenvalue weighted by atomic mass is 9.99. The third-order valence-corrected chi connectivity index (χ3v) is 3.29. The van der Waals surface area contributed by atoms with E-state index in [2.05, 4.69) is 0 Å². The molecule has 112 valence electrons. The lowest BCUT2D eigenvalue weighted by Crippen LogP contribution is -2.17. The summed E-state index contributed by atoms with van der Waals surface area (Å²) < 4.78 is 10.3. The van der Waals surface area contributed by atoms with Gasteiger partial charge in [-0.1, -0.05) is 11.6 Å². The maximum absolute atomic E-state index is 11.6. The second kappa shape index (κ2) is 6.58. The summed E-state index contributed by atoms with van der Waals surface area (Å²) in [6, 6.07) is 5.11. The van der Waals surface area contributed by atoms with Gasteiger partial charge in [-0.15, -0.1) is 0 Å². The Balaban J connectivity index is 2.33. The highest BCUT2D eigenvalue weighted by molar-refractivity contribution is 6.31. The Hall–Kier alpha value is -2.08. The summed E-state index contributed by atoms with van der Waals surface area (Å²) in [6.07, 6.45) is 1.38. The molecule has 2 aromatic rings. The molecule has 0 aliphatic carbocycles. The third kappa shape index (κ3) is 3.72. The minimum Gasteiger partial charge on any atom is -0.467 e. The number of carbonyl (C=O) groups excluding carboxylic acids is 1. The Labute approximate surface area is 125 Å². The molecule has 0 N–H and O–H groups in total. The molecule has 0 aliphatic rings. The molecular formula is C14H14ClNO5. The van der Waals surface area contributed by atoms with Crippen LogP contribution in [0.4, 0.5) is 0 Å². The summed E-state index contributed by atoms with van der Waals surface area (Å²) in [5, 5.41) is 12.8. The zero-order valence-corrected chi connectivity index (χ0v) is 12.1. The van der Waals surface area contributed by atoms with Gasteiger partial charge in [-0.3, -0.25) is 14.9 Å². The molecule has 21 heavy (non-hydrogen) atoms. The number of furan rings is 1. The molecule has 7 heteroatoms. The fourth-order valence-electron chi connectivity index (χ4n) is 2.20. The van der Waals surface area contributed by atoms with Crippen molar-refractivity contribution < 1.29 is 18.9 Å². The van der Waals surface area contributed by atoms with Gasteiger partial charge in [0.15, 0.2) is 0 Å². The first-order chi connectivity index (χ1) is 10.0. The molecule has 0 aliphatic heterocycles. The van der Waals surface area contributed by atoms with E-state index in [9.17, 15) is 14.9 Å². The lowest BCUT2D eigenvalue weighted by molar-refractivity contribution is -0.483. The number of nitrogens with zero attached hydrogens (tertiary/aromatic N) is 1. The Kier molecular flexibility index (Phi) is 4.80. The van der Waals surface area contributed by atoms with Crippen LogP contribution < -0.4 is 0 Å². The van der Waals surface area contributed by atoms with E-state index in [-0.39, 0.29) is 13.0 Å². The van der Waals surface area contributed by atoms with Crippen LogP contribution in [-0.4, -0.2) is 24.0 Å². The highest BCUT2D eigenvalue weighted by Crippen LogP contribution is 2.31. The summed E-state index contributed by atoms with van der Waals surface area (Å²) in [4.78, 5) is 22.0. The second-order valence-corrected chi connectivity index (χ2v) is 4.99. The van der Waals surface area contributed by atoms with E-state index >= 15 is 0 Å². The number of esters is 1.